The molecule has 0 amide bonds. The molecule has 0 radical (unpaired) electrons. The lowest BCUT2D eigenvalue weighted by Gasteiger charge is -2.21. The summed E-state index contributed by atoms with van der Waals surface area (Å²) in [6, 6.07) is 0. The molecule has 0 saturated carbocycles. The first-order valence-corrected chi connectivity index (χ1v) is 7.80. The summed E-state index contributed by atoms with van der Waals surface area (Å²) in [6.07, 6.45) is 15.9. The van der Waals surface area contributed by atoms with Crippen molar-refractivity contribution < 1.29 is 4.52 Å². The Morgan fingerprint density at radius 1 is 1.35 bits per heavy atom. The van der Waals surface area contributed by atoms with Crippen molar-refractivity contribution in [3.05, 3.63) is 29.7 Å². The normalized spacial score (nSPS) is 16.8. The van der Waals surface area contributed by atoms with E-state index in [1.807, 2.05) is 0 Å². The minimum atomic E-state index is 0.962. The van der Waals surface area contributed by atoms with Crippen molar-refractivity contribution in [1.82, 2.24) is 10.1 Å². The molecule has 0 aliphatic carbocycles. The molecule has 0 saturated heterocycles. The Kier molecular flexibility index (Phi) is 6.06. The van der Waals surface area contributed by atoms with Crippen molar-refractivity contribution in [3.8, 4) is 0 Å². The molecule has 0 bridgehead atoms. The summed E-state index contributed by atoms with van der Waals surface area (Å²) in [5, 5.41) is 4.18. The van der Waals surface area contributed by atoms with Crippen molar-refractivity contribution in [3.63, 3.8) is 0 Å². The van der Waals surface area contributed by atoms with Gasteiger partial charge in [-0.1, -0.05) is 49.6 Å². The average Bonchev–Trinajstić information content (AvgIpc) is 2.91. The Hall–Kier alpha value is -1.35. The fourth-order valence-electron chi connectivity index (χ4n) is 2.57. The van der Waals surface area contributed by atoms with Crippen LogP contribution in [0.1, 0.15) is 56.7 Å². The molecule has 2 heterocycles. The van der Waals surface area contributed by atoms with Crippen molar-refractivity contribution in [2.45, 2.75) is 45.4 Å². The number of hydrogen-bond donors (Lipinski definition) is 0. The molecule has 2 rings (SSSR count). The Morgan fingerprint density at radius 2 is 2.25 bits per heavy atom. The van der Waals surface area contributed by atoms with E-state index in [0.29, 0.717) is 0 Å². The first-order valence-electron chi connectivity index (χ1n) is 7.80. The maximum atomic E-state index is 5.17. The summed E-state index contributed by atoms with van der Waals surface area (Å²) in [5.41, 5.74) is 3.42. The zero-order chi connectivity index (χ0) is 14.2. The van der Waals surface area contributed by atoms with Crippen LogP contribution in [0.5, 0.6) is 0 Å². The van der Waals surface area contributed by atoms with Crippen LogP contribution in [0.15, 0.2) is 22.9 Å². The van der Waals surface area contributed by atoms with Crippen LogP contribution in [0.2, 0.25) is 0 Å². The topological polar surface area (TPSA) is 29.3 Å². The molecule has 0 unspecified atom stereocenters. The van der Waals surface area contributed by atoms with E-state index < -0.39 is 0 Å². The van der Waals surface area contributed by atoms with Gasteiger partial charge in [0.25, 0.3) is 0 Å². The van der Waals surface area contributed by atoms with Gasteiger partial charge < -0.3 is 9.42 Å². The van der Waals surface area contributed by atoms with Crippen LogP contribution in [0.25, 0.3) is 11.6 Å². The Bertz CT molecular complexity index is 459. The van der Waals surface area contributed by atoms with Crippen molar-refractivity contribution in [1.29, 1.82) is 0 Å². The second-order valence-electron chi connectivity index (χ2n) is 5.63. The van der Waals surface area contributed by atoms with Gasteiger partial charge in [-0.15, -0.1) is 0 Å². The number of hydrogen-bond acceptors (Lipinski definition) is 3. The van der Waals surface area contributed by atoms with Gasteiger partial charge >= 0.3 is 0 Å². The van der Waals surface area contributed by atoms with Crippen molar-refractivity contribution in [2.24, 2.45) is 0 Å². The molecule has 1 aromatic heterocycles. The van der Waals surface area contributed by atoms with Crippen LogP contribution in [0.3, 0.4) is 0 Å². The molecule has 1 aliphatic heterocycles. The smallest absolute Gasteiger partial charge is 0.131 e. The zero-order valence-corrected chi connectivity index (χ0v) is 12.8. The van der Waals surface area contributed by atoms with E-state index in [4.69, 9.17) is 4.52 Å². The molecular weight excluding hydrogens is 248 g/mol. The van der Waals surface area contributed by atoms with Gasteiger partial charge in [0.2, 0.25) is 0 Å². The SMILES string of the molecule is CCCCCC/C=C/c1conc1C1=CCCN(C)C1. The molecule has 0 N–H and O–H groups in total. The second-order valence-corrected chi connectivity index (χ2v) is 5.63. The largest absolute Gasteiger partial charge is 0.363 e. The molecule has 0 fully saturated rings. The van der Waals surface area contributed by atoms with Gasteiger partial charge in [0, 0.05) is 18.7 Å². The molecule has 1 aromatic rings. The quantitative estimate of drug-likeness (QED) is 0.691. The third-order valence-electron chi connectivity index (χ3n) is 3.76. The van der Waals surface area contributed by atoms with Gasteiger partial charge in [0.1, 0.15) is 12.0 Å². The van der Waals surface area contributed by atoms with Gasteiger partial charge in [-0.25, -0.2) is 0 Å². The summed E-state index contributed by atoms with van der Waals surface area (Å²) in [7, 11) is 2.15. The van der Waals surface area contributed by atoms with Gasteiger partial charge in [-0.3, -0.25) is 0 Å². The molecule has 20 heavy (non-hydrogen) atoms. The summed E-state index contributed by atoms with van der Waals surface area (Å²) < 4.78 is 5.17. The highest BCUT2D eigenvalue weighted by Crippen LogP contribution is 2.23. The standard InChI is InChI=1S/C17H26N2O/c1-3-4-5-6-7-8-10-16-14-20-18-17(16)15-11-9-12-19(2)13-15/h8,10-11,14H,3-7,9,12-13H2,1-2H3/b10-8+. The number of allylic oxidation sites excluding steroid dienone is 1. The molecule has 3 nitrogen and oxygen atoms in total. The van der Waals surface area contributed by atoms with Crippen LogP contribution in [-0.4, -0.2) is 30.2 Å². The third kappa shape index (κ3) is 4.34. The minimum absolute atomic E-state index is 0.962. The van der Waals surface area contributed by atoms with Gasteiger partial charge in [0.15, 0.2) is 0 Å². The monoisotopic (exact) mass is 274 g/mol. The van der Waals surface area contributed by atoms with Crippen molar-refractivity contribution >= 4 is 11.6 Å². The lowest BCUT2D eigenvalue weighted by molar-refractivity contribution is 0.369. The lowest BCUT2D eigenvalue weighted by atomic mass is 10.0. The van der Waals surface area contributed by atoms with E-state index in [0.717, 1.165) is 37.2 Å². The molecule has 3 heteroatoms. The van der Waals surface area contributed by atoms with Gasteiger partial charge in [-0.2, -0.15) is 0 Å². The van der Waals surface area contributed by atoms with Crippen LogP contribution in [-0.2, 0) is 0 Å². The molecule has 110 valence electrons. The average molecular weight is 274 g/mol. The van der Waals surface area contributed by atoms with E-state index in [1.165, 1.54) is 31.3 Å². The summed E-state index contributed by atoms with van der Waals surface area (Å²) in [4.78, 5) is 2.32. The van der Waals surface area contributed by atoms with E-state index in [1.54, 1.807) is 6.26 Å². The lowest BCUT2D eigenvalue weighted by Crippen LogP contribution is -2.25. The van der Waals surface area contributed by atoms with Crippen LogP contribution >= 0.6 is 0 Å². The second kappa shape index (κ2) is 8.05. The molecule has 0 atom stereocenters. The highest BCUT2D eigenvalue weighted by atomic mass is 16.5. The predicted molar refractivity (Wildman–Crippen MR) is 84.4 cm³/mol. The summed E-state index contributed by atoms with van der Waals surface area (Å²) in [5.74, 6) is 0. The fourth-order valence-corrected chi connectivity index (χ4v) is 2.57. The highest BCUT2D eigenvalue weighted by molar-refractivity contribution is 5.72. The summed E-state index contributed by atoms with van der Waals surface area (Å²) >= 11 is 0. The number of unbranched alkanes of at least 4 members (excludes halogenated alkanes) is 4. The third-order valence-corrected chi connectivity index (χ3v) is 3.76. The maximum absolute atomic E-state index is 5.17. The Morgan fingerprint density at radius 3 is 3.05 bits per heavy atom. The van der Waals surface area contributed by atoms with E-state index in [-0.39, 0.29) is 0 Å². The van der Waals surface area contributed by atoms with E-state index >= 15 is 0 Å². The van der Waals surface area contributed by atoms with Crippen molar-refractivity contribution in [2.75, 3.05) is 20.1 Å². The number of rotatable bonds is 7. The molecule has 0 aromatic carbocycles. The summed E-state index contributed by atoms with van der Waals surface area (Å²) in [6.45, 7) is 4.34. The molecular formula is C17H26N2O. The highest BCUT2D eigenvalue weighted by Gasteiger charge is 2.15. The number of aromatic nitrogens is 1. The van der Waals surface area contributed by atoms with Crippen LogP contribution < -0.4 is 0 Å². The van der Waals surface area contributed by atoms with E-state index in [9.17, 15) is 0 Å². The molecule has 1 aliphatic rings. The fraction of sp³-hybridized carbons (Fsp3) is 0.588. The minimum Gasteiger partial charge on any atom is -0.363 e. The maximum Gasteiger partial charge on any atom is 0.131 e. The Balaban J connectivity index is 1.91. The van der Waals surface area contributed by atoms with E-state index in [2.05, 4.69) is 42.3 Å². The Labute approximate surface area is 122 Å². The zero-order valence-electron chi connectivity index (χ0n) is 12.8. The number of likely N-dealkylation sites (N-methyl/N-ethyl adjacent to an activating group) is 1. The van der Waals surface area contributed by atoms with Gasteiger partial charge in [-0.05, 0) is 31.9 Å². The van der Waals surface area contributed by atoms with Crippen LogP contribution in [0, 0.1) is 0 Å². The van der Waals surface area contributed by atoms with Gasteiger partial charge in [0.05, 0.1) is 0 Å². The van der Waals surface area contributed by atoms with Crippen LogP contribution in [0.4, 0.5) is 0 Å². The molecule has 0 spiro atoms. The first kappa shape index (κ1) is 15.0. The number of nitrogens with zero attached hydrogens (tertiary/aromatic N) is 2. The predicted octanol–water partition coefficient (Wildman–Crippen LogP) is 4.38. The first-order chi connectivity index (χ1) is 9.81.